The van der Waals surface area contributed by atoms with Crippen LogP contribution in [0.4, 0.5) is 4.39 Å². The highest BCUT2D eigenvalue weighted by Crippen LogP contribution is 2.11. The van der Waals surface area contributed by atoms with E-state index in [0.717, 1.165) is 0 Å². The molecule has 0 aliphatic carbocycles. The first-order valence-electron chi connectivity index (χ1n) is 5.66. The highest BCUT2D eigenvalue weighted by Gasteiger charge is 2.11. The van der Waals surface area contributed by atoms with Crippen molar-refractivity contribution >= 4 is 5.91 Å². The highest BCUT2D eigenvalue weighted by molar-refractivity contribution is 5.77. The van der Waals surface area contributed by atoms with Crippen LogP contribution in [0.1, 0.15) is 20.8 Å². The molecule has 0 spiro atoms. The normalized spacial score (nSPS) is 12.3. The molecule has 17 heavy (non-hydrogen) atoms. The maximum Gasteiger partial charge on any atom is 0.258 e. The largest absolute Gasteiger partial charge is 0.484 e. The van der Waals surface area contributed by atoms with Gasteiger partial charge in [-0.1, -0.05) is 19.9 Å². The second-order valence-corrected chi connectivity index (χ2v) is 4.35. The van der Waals surface area contributed by atoms with Gasteiger partial charge in [0.05, 0.1) is 0 Å². The first kappa shape index (κ1) is 13.5. The Hall–Kier alpha value is -1.58. The van der Waals surface area contributed by atoms with Crippen LogP contribution in [0, 0.1) is 11.7 Å². The standard InChI is InChI=1S/C13H18FNO2/c1-9(2)10(3)15-13(16)8-17-12-6-4-5-11(14)7-12/h4-7,9-10H,8H2,1-3H3,(H,15,16). The lowest BCUT2D eigenvalue weighted by molar-refractivity contribution is -0.124. The minimum absolute atomic E-state index is 0.0959. The highest BCUT2D eigenvalue weighted by atomic mass is 19.1. The van der Waals surface area contributed by atoms with Crippen LogP contribution in [-0.2, 0) is 4.79 Å². The van der Waals surface area contributed by atoms with E-state index in [-0.39, 0.29) is 24.4 Å². The van der Waals surface area contributed by atoms with Crippen LogP contribution in [0.2, 0.25) is 0 Å². The molecule has 0 aliphatic rings. The van der Waals surface area contributed by atoms with Gasteiger partial charge in [-0.15, -0.1) is 0 Å². The minimum Gasteiger partial charge on any atom is -0.484 e. The van der Waals surface area contributed by atoms with Crippen LogP contribution in [0.25, 0.3) is 0 Å². The smallest absolute Gasteiger partial charge is 0.258 e. The van der Waals surface area contributed by atoms with E-state index in [0.29, 0.717) is 11.7 Å². The lowest BCUT2D eigenvalue weighted by atomic mass is 10.1. The van der Waals surface area contributed by atoms with E-state index in [1.54, 1.807) is 12.1 Å². The predicted octanol–water partition coefficient (Wildman–Crippen LogP) is 2.37. The van der Waals surface area contributed by atoms with E-state index >= 15 is 0 Å². The lowest BCUT2D eigenvalue weighted by Crippen LogP contribution is -2.38. The Kier molecular flexibility index (Phi) is 4.94. The van der Waals surface area contributed by atoms with Gasteiger partial charge in [0.2, 0.25) is 0 Å². The molecule has 0 saturated carbocycles. The molecule has 0 radical (unpaired) electrons. The van der Waals surface area contributed by atoms with Crippen molar-refractivity contribution in [3.05, 3.63) is 30.1 Å². The van der Waals surface area contributed by atoms with Crippen molar-refractivity contribution in [2.24, 2.45) is 5.92 Å². The molecule has 94 valence electrons. The Morgan fingerprint density at radius 1 is 1.41 bits per heavy atom. The SMILES string of the molecule is CC(C)C(C)NC(=O)COc1cccc(F)c1. The minimum atomic E-state index is -0.376. The summed E-state index contributed by atoms with van der Waals surface area (Å²) in [6.07, 6.45) is 0. The fraction of sp³-hybridized carbons (Fsp3) is 0.462. The number of hydrogen-bond donors (Lipinski definition) is 1. The third kappa shape index (κ3) is 4.85. The maximum atomic E-state index is 12.8. The van der Waals surface area contributed by atoms with Crippen molar-refractivity contribution in [3.63, 3.8) is 0 Å². The number of benzene rings is 1. The molecule has 0 saturated heterocycles. The summed E-state index contributed by atoms with van der Waals surface area (Å²) in [7, 11) is 0. The van der Waals surface area contributed by atoms with Gasteiger partial charge in [0.25, 0.3) is 5.91 Å². The average Bonchev–Trinajstić information content (AvgIpc) is 2.26. The number of rotatable bonds is 5. The molecule has 1 N–H and O–H groups in total. The number of ether oxygens (including phenoxy) is 1. The van der Waals surface area contributed by atoms with Crippen LogP contribution < -0.4 is 10.1 Å². The summed E-state index contributed by atoms with van der Waals surface area (Å²) in [6, 6.07) is 5.83. The zero-order chi connectivity index (χ0) is 12.8. The van der Waals surface area contributed by atoms with Gasteiger partial charge in [0.15, 0.2) is 6.61 Å². The van der Waals surface area contributed by atoms with Gasteiger partial charge in [-0.05, 0) is 25.0 Å². The van der Waals surface area contributed by atoms with Crippen LogP contribution in [0.5, 0.6) is 5.75 Å². The molecule has 1 atom stereocenters. The summed E-state index contributed by atoms with van der Waals surface area (Å²) in [6.45, 7) is 5.89. The molecule has 1 aromatic carbocycles. The molecule has 1 amide bonds. The van der Waals surface area contributed by atoms with Gasteiger partial charge < -0.3 is 10.1 Å². The van der Waals surface area contributed by atoms with Crippen molar-refractivity contribution in [3.8, 4) is 5.75 Å². The number of halogens is 1. The molecule has 0 fully saturated rings. The second kappa shape index (κ2) is 6.23. The molecular weight excluding hydrogens is 221 g/mol. The van der Waals surface area contributed by atoms with Crippen LogP contribution in [0.15, 0.2) is 24.3 Å². The fourth-order valence-corrected chi connectivity index (χ4v) is 1.17. The molecule has 0 aliphatic heterocycles. The van der Waals surface area contributed by atoms with E-state index < -0.39 is 0 Å². The van der Waals surface area contributed by atoms with E-state index in [1.807, 2.05) is 20.8 Å². The first-order chi connectivity index (χ1) is 7.99. The lowest BCUT2D eigenvalue weighted by Gasteiger charge is -2.17. The predicted molar refractivity (Wildman–Crippen MR) is 64.3 cm³/mol. The summed E-state index contributed by atoms with van der Waals surface area (Å²) in [5.41, 5.74) is 0. The topological polar surface area (TPSA) is 38.3 Å². The van der Waals surface area contributed by atoms with Crippen LogP contribution in [-0.4, -0.2) is 18.6 Å². The van der Waals surface area contributed by atoms with Gasteiger partial charge in [-0.2, -0.15) is 0 Å². The number of nitrogens with one attached hydrogen (secondary N) is 1. The molecule has 1 rings (SSSR count). The Morgan fingerprint density at radius 3 is 2.71 bits per heavy atom. The summed E-state index contributed by atoms with van der Waals surface area (Å²) in [4.78, 5) is 11.5. The molecular formula is C13H18FNO2. The zero-order valence-corrected chi connectivity index (χ0v) is 10.4. The summed E-state index contributed by atoms with van der Waals surface area (Å²) < 4.78 is 18.0. The van der Waals surface area contributed by atoms with Gasteiger partial charge in [0, 0.05) is 12.1 Å². The molecule has 4 heteroatoms. The molecule has 0 aromatic heterocycles. The number of carbonyl (C=O) groups is 1. The number of carbonyl (C=O) groups excluding carboxylic acids is 1. The molecule has 3 nitrogen and oxygen atoms in total. The molecule has 0 heterocycles. The molecule has 1 unspecified atom stereocenters. The van der Waals surface area contributed by atoms with Crippen molar-refractivity contribution in [1.29, 1.82) is 0 Å². The van der Waals surface area contributed by atoms with Crippen LogP contribution >= 0.6 is 0 Å². The van der Waals surface area contributed by atoms with E-state index in [4.69, 9.17) is 4.74 Å². The van der Waals surface area contributed by atoms with Crippen molar-refractivity contribution in [1.82, 2.24) is 5.32 Å². The second-order valence-electron chi connectivity index (χ2n) is 4.35. The molecule has 1 aromatic rings. The monoisotopic (exact) mass is 239 g/mol. The van der Waals surface area contributed by atoms with E-state index in [2.05, 4.69) is 5.32 Å². The van der Waals surface area contributed by atoms with Gasteiger partial charge in [0.1, 0.15) is 11.6 Å². The summed E-state index contributed by atoms with van der Waals surface area (Å²) in [5, 5.41) is 2.81. The van der Waals surface area contributed by atoms with Gasteiger partial charge in [-0.25, -0.2) is 4.39 Å². The summed E-state index contributed by atoms with van der Waals surface area (Å²) in [5.74, 6) is 0.152. The third-order valence-corrected chi connectivity index (χ3v) is 2.55. The average molecular weight is 239 g/mol. The van der Waals surface area contributed by atoms with E-state index in [9.17, 15) is 9.18 Å². The van der Waals surface area contributed by atoms with Crippen LogP contribution in [0.3, 0.4) is 0 Å². The van der Waals surface area contributed by atoms with Crippen molar-refractivity contribution < 1.29 is 13.9 Å². The van der Waals surface area contributed by atoms with Gasteiger partial charge in [-0.3, -0.25) is 4.79 Å². The quantitative estimate of drug-likeness (QED) is 0.856. The molecule has 0 bridgehead atoms. The zero-order valence-electron chi connectivity index (χ0n) is 10.4. The van der Waals surface area contributed by atoms with Crippen molar-refractivity contribution in [2.45, 2.75) is 26.8 Å². The summed E-state index contributed by atoms with van der Waals surface area (Å²) >= 11 is 0. The Balaban J connectivity index is 2.38. The number of hydrogen-bond acceptors (Lipinski definition) is 2. The maximum absolute atomic E-state index is 12.8. The Labute approximate surface area is 101 Å². The third-order valence-electron chi connectivity index (χ3n) is 2.55. The fourth-order valence-electron chi connectivity index (χ4n) is 1.17. The van der Waals surface area contributed by atoms with Crippen molar-refractivity contribution in [2.75, 3.05) is 6.61 Å². The van der Waals surface area contributed by atoms with E-state index in [1.165, 1.54) is 12.1 Å². The Morgan fingerprint density at radius 2 is 2.12 bits per heavy atom. The number of amides is 1. The first-order valence-corrected chi connectivity index (χ1v) is 5.66. The Bertz CT molecular complexity index is 379. The van der Waals surface area contributed by atoms with Gasteiger partial charge >= 0.3 is 0 Å².